The molecule has 2 fully saturated rings. The summed E-state index contributed by atoms with van der Waals surface area (Å²) in [7, 11) is -1.78. The van der Waals surface area contributed by atoms with E-state index in [9.17, 15) is 8.42 Å². The summed E-state index contributed by atoms with van der Waals surface area (Å²) in [6.45, 7) is 1.99. The molecule has 2 atom stereocenters. The van der Waals surface area contributed by atoms with E-state index in [2.05, 4.69) is 15.4 Å². The van der Waals surface area contributed by atoms with Gasteiger partial charge in [0, 0.05) is 39.2 Å². The maximum Gasteiger partial charge on any atom is 0.282 e. The summed E-state index contributed by atoms with van der Waals surface area (Å²) >= 11 is 0. The molecule has 0 spiro atoms. The number of ether oxygens (including phenoxy) is 1. The minimum Gasteiger partial charge on any atom is -0.379 e. The molecular formula is C11H19N5O3S. The second kappa shape index (κ2) is 5.40. The van der Waals surface area contributed by atoms with Crippen LogP contribution >= 0.6 is 0 Å². The summed E-state index contributed by atoms with van der Waals surface area (Å²) < 4.78 is 33.6. The minimum absolute atomic E-state index is 0.0730. The van der Waals surface area contributed by atoms with Crippen molar-refractivity contribution in [1.29, 1.82) is 0 Å². The molecule has 0 radical (unpaired) electrons. The molecule has 2 aliphatic heterocycles. The molecule has 1 aromatic heterocycles. The zero-order valence-electron chi connectivity index (χ0n) is 11.4. The molecule has 112 valence electrons. The maximum absolute atomic E-state index is 12.6. The van der Waals surface area contributed by atoms with Gasteiger partial charge in [-0.25, -0.2) is 0 Å². The lowest BCUT2D eigenvalue weighted by Gasteiger charge is -2.23. The number of aromatic amines is 1. The first-order valence-electron chi connectivity index (χ1n) is 6.76. The summed E-state index contributed by atoms with van der Waals surface area (Å²) in [6, 6.07) is 0. The fourth-order valence-electron chi connectivity index (χ4n) is 2.92. The van der Waals surface area contributed by atoms with Gasteiger partial charge in [-0.1, -0.05) is 0 Å². The van der Waals surface area contributed by atoms with E-state index < -0.39 is 10.2 Å². The van der Waals surface area contributed by atoms with Gasteiger partial charge in [-0.15, -0.1) is 0 Å². The number of nitrogens with one attached hydrogen (secondary N) is 1. The van der Waals surface area contributed by atoms with Crippen molar-refractivity contribution in [1.82, 2.24) is 24.0 Å². The Labute approximate surface area is 118 Å². The molecule has 3 heterocycles. The van der Waals surface area contributed by atoms with Gasteiger partial charge in [0.05, 0.1) is 18.0 Å². The lowest BCUT2D eigenvalue weighted by Crippen LogP contribution is -2.41. The van der Waals surface area contributed by atoms with Crippen molar-refractivity contribution in [2.75, 3.05) is 33.3 Å². The van der Waals surface area contributed by atoms with Crippen LogP contribution in [0.4, 0.5) is 0 Å². The fourth-order valence-corrected chi connectivity index (χ4v) is 4.65. The Hall–Kier alpha value is -1.03. The van der Waals surface area contributed by atoms with Crippen molar-refractivity contribution in [2.45, 2.75) is 24.9 Å². The third-order valence-corrected chi connectivity index (χ3v) is 6.04. The molecule has 0 bridgehead atoms. The van der Waals surface area contributed by atoms with E-state index in [1.165, 1.54) is 4.31 Å². The molecule has 0 saturated carbocycles. The zero-order chi connectivity index (χ0) is 14.2. The van der Waals surface area contributed by atoms with Crippen LogP contribution in [0.2, 0.25) is 0 Å². The number of nitrogens with zero attached hydrogens (tertiary/aromatic N) is 4. The Morgan fingerprint density at radius 1 is 1.30 bits per heavy atom. The number of methoxy groups -OCH3 is 1. The van der Waals surface area contributed by atoms with Crippen LogP contribution in [-0.4, -0.2) is 71.8 Å². The molecule has 1 aromatic rings. The Kier molecular flexibility index (Phi) is 3.76. The first kappa shape index (κ1) is 13.9. The van der Waals surface area contributed by atoms with Crippen LogP contribution in [0.3, 0.4) is 0 Å². The molecule has 20 heavy (non-hydrogen) atoms. The fraction of sp³-hybridized carbons (Fsp3) is 0.818. The Bertz CT molecular complexity index is 540. The molecule has 0 aromatic carbocycles. The van der Waals surface area contributed by atoms with Crippen molar-refractivity contribution in [2.24, 2.45) is 0 Å². The Balaban J connectivity index is 1.79. The predicted octanol–water partition coefficient (Wildman–Crippen LogP) is -0.440. The number of H-pyrrole nitrogens is 1. The normalized spacial score (nSPS) is 29.2. The van der Waals surface area contributed by atoms with Crippen molar-refractivity contribution in [3.05, 3.63) is 11.9 Å². The SMILES string of the molecule is CO[C@@H]1CN(S(=O)(=O)N2CCCC2)C[C@H]1c1cn[nH]n1. The van der Waals surface area contributed by atoms with Crippen LogP contribution < -0.4 is 0 Å². The van der Waals surface area contributed by atoms with Gasteiger partial charge in [-0.05, 0) is 12.8 Å². The van der Waals surface area contributed by atoms with Crippen LogP contribution in [0.1, 0.15) is 24.5 Å². The molecule has 1 N–H and O–H groups in total. The molecule has 2 aliphatic rings. The third-order valence-electron chi connectivity index (χ3n) is 4.07. The second-order valence-electron chi connectivity index (χ2n) is 5.21. The summed E-state index contributed by atoms with van der Waals surface area (Å²) in [6.07, 6.45) is 3.32. The third kappa shape index (κ3) is 2.34. The highest BCUT2D eigenvalue weighted by Crippen LogP contribution is 2.31. The van der Waals surface area contributed by atoms with Gasteiger partial charge < -0.3 is 4.74 Å². The topological polar surface area (TPSA) is 91.4 Å². The lowest BCUT2D eigenvalue weighted by molar-refractivity contribution is 0.101. The van der Waals surface area contributed by atoms with Gasteiger partial charge in [-0.2, -0.15) is 32.4 Å². The van der Waals surface area contributed by atoms with Crippen LogP contribution in [0.15, 0.2) is 6.20 Å². The van der Waals surface area contributed by atoms with Crippen molar-refractivity contribution in [3.63, 3.8) is 0 Å². The quantitative estimate of drug-likeness (QED) is 0.814. The molecule has 3 rings (SSSR count). The van der Waals surface area contributed by atoms with E-state index >= 15 is 0 Å². The van der Waals surface area contributed by atoms with Gasteiger partial charge in [-0.3, -0.25) is 0 Å². The van der Waals surface area contributed by atoms with Crippen LogP contribution in [-0.2, 0) is 14.9 Å². The summed E-state index contributed by atoms with van der Waals surface area (Å²) in [4.78, 5) is 0. The van der Waals surface area contributed by atoms with Crippen molar-refractivity contribution in [3.8, 4) is 0 Å². The maximum atomic E-state index is 12.6. The highest BCUT2D eigenvalue weighted by molar-refractivity contribution is 7.86. The monoisotopic (exact) mass is 301 g/mol. The molecule has 8 nitrogen and oxygen atoms in total. The van der Waals surface area contributed by atoms with E-state index in [1.54, 1.807) is 17.6 Å². The molecule has 2 saturated heterocycles. The predicted molar refractivity (Wildman–Crippen MR) is 71.2 cm³/mol. The lowest BCUT2D eigenvalue weighted by atomic mass is 10.0. The second-order valence-corrected chi connectivity index (χ2v) is 7.13. The zero-order valence-corrected chi connectivity index (χ0v) is 12.2. The van der Waals surface area contributed by atoms with E-state index in [0.29, 0.717) is 26.2 Å². The summed E-state index contributed by atoms with van der Waals surface area (Å²) in [5.74, 6) is -0.0730. The van der Waals surface area contributed by atoms with E-state index in [0.717, 1.165) is 18.5 Å². The number of rotatable bonds is 4. The average Bonchev–Trinajstić information content (AvgIpc) is 3.18. The van der Waals surface area contributed by atoms with Gasteiger partial charge in [0.2, 0.25) is 0 Å². The van der Waals surface area contributed by atoms with Gasteiger partial charge in [0.1, 0.15) is 0 Å². The molecule has 0 unspecified atom stereocenters. The Morgan fingerprint density at radius 3 is 2.65 bits per heavy atom. The molecular weight excluding hydrogens is 282 g/mol. The van der Waals surface area contributed by atoms with Crippen LogP contribution in [0, 0.1) is 0 Å². The standard InChI is InChI=1S/C11H19N5O3S/c1-19-11-8-16(7-9(11)10-6-12-14-13-10)20(17,18)15-4-2-3-5-15/h6,9,11H,2-5,7-8H2,1H3,(H,12,13,14)/t9-,11+/m0/s1. The van der Waals surface area contributed by atoms with E-state index in [4.69, 9.17) is 4.74 Å². The smallest absolute Gasteiger partial charge is 0.282 e. The summed E-state index contributed by atoms with van der Waals surface area (Å²) in [5, 5.41) is 10.4. The molecule has 0 amide bonds. The highest BCUT2D eigenvalue weighted by Gasteiger charge is 2.43. The molecule has 0 aliphatic carbocycles. The average molecular weight is 301 g/mol. The van der Waals surface area contributed by atoms with Gasteiger partial charge in [0.15, 0.2) is 0 Å². The summed E-state index contributed by atoms with van der Waals surface area (Å²) in [5.41, 5.74) is 0.746. The number of aromatic nitrogens is 3. The van der Waals surface area contributed by atoms with Crippen molar-refractivity contribution < 1.29 is 13.2 Å². The van der Waals surface area contributed by atoms with Crippen LogP contribution in [0.5, 0.6) is 0 Å². The van der Waals surface area contributed by atoms with Crippen LogP contribution in [0.25, 0.3) is 0 Å². The first-order chi connectivity index (χ1) is 9.63. The largest absolute Gasteiger partial charge is 0.379 e. The minimum atomic E-state index is -3.38. The number of hydrogen-bond donors (Lipinski definition) is 1. The van der Waals surface area contributed by atoms with Gasteiger partial charge in [0.25, 0.3) is 10.2 Å². The first-order valence-corrected chi connectivity index (χ1v) is 8.16. The molecule has 9 heteroatoms. The Morgan fingerprint density at radius 2 is 2.05 bits per heavy atom. The van der Waals surface area contributed by atoms with Crippen molar-refractivity contribution >= 4 is 10.2 Å². The number of hydrogen-bond acceptors (Lipinski definition) is 5. The van der Waals surface area contributed by atoms with E-state index in [-0.39, 0.29) is 12.0 Å². The van der Waals surface area contributed by atoms with Gasteiger partial charge >= 0.3 is 0 Å². The van der Waals surface area contributed by atoms with E-state index in [1.807, 2.05) is 0 Å². The highest BCUT2D eigenvalue weighted by atomic mass is 32.2.